The molecule has 0 saturated heterocycles. The van der Waals surface area contributed by atoms with Gasteiger partial charge in [-0.25, -0.2) is 0 Å². The van der Waals surface area contributed by atoms with Crippen molar-refractivity contribution in [3.63, 3.8) is 0 Å². The quantitative estimate of drug-likeness (QED) is 0.909. The van der Waals surface area contributed by atoms with Crippen LogP contribution >= 0.6 is 0 Å². The van der Waals surface area contributed by atoms with Crippen LogP contribution in [-0.2, 0) is 7.05 Å². The lowest BCUT2D eigenvalue weighted by atomic mass is 10.0. The third kappa shape index (κ3) is 2.36. The average molecular weight is 274 g/mol. The minimum atomic E-state index is -0.708. The van der Waals surface area contributed by atoms with Gasteiger partial charge >= 0.3 is 0 Å². The van der Waals surface area contributed by atoms with Crippen LogP contribution in [0.15, 0.2) is 24.4 Å². The lowest BCUT2D eigenvalue weighted by molar-refractivity contribution is 0.218. The summed E-state index contributed by atoms with van der Waals surface area (Å²) in [4.78, 5) is 0. The Morgan fingerprint density at radius 1 is 1.25 bits per heavy atom. The fourth-order valence-electron chi connectivity index (χ4n) is 2.42. The van der Waals surface area contributed by atoms with Gasteiger partial charge in [-0.1, -0.05) is 6.07 Å². The van der Waals surface area contributed by atoms with Crippen molar-refractivity contribution in [3.8, 4) is 11.5 Å². The number of rotatable bonds is 2. The van der Waals surface area contributed by atoms with Crippen LogP contribution in [0.1, 0.15) is 29.3 Å². The molecule has 1 aliphatic heterocycles. The number of aliphatic hydroxyl groups is 1. The predicted molar refractivity (Wildman–Crippen MR) is 74.1 cm³/mol. The van der Waals surface area contributed by atoms with E-state index < -0.39 is 6.10 Å². The summed E-state index contributed by atoms with van der Waals surface area (Å²) in [7, 11) is 1.84. The molecular weight excluding hydrogens is 256 g/mol. The summed E-state index contributed by atoms with van der Waals surface area (Å²) in [5.41, 5.74) is 2.42. The number of hydrogen-bond donors (Lipinski definition) is 1. The first-order valence-corrected chi connectivity index (χ1v) is 6.73. The molecule has 1 N–H and O–H groups in total. The van der Waals surface area contributed by atoms with Gasteiger partial charge in [0.15, 0.2) is 11.5 Å². The standard InChI is InChI=1S/C15H18N2O3/c1-10-12(9-17(2)16-10)15(18)11-4-5-13-14(8-11)20-7-3-6-19-13/h4-5,8-9,15,18H,3,6-7H2,1-2H3. The first-order chi connectivity index (χ1) is 9.65. The Balaban J connectivity index is 1.94. The molecule has 3 rings (SSSR count). The highest BCUT2D eigenvalue weighted by molar-refractivity contribution is 5.45. The van der Waals surface area contributed by atoms with E-state index in [1.54, 1.807) is 4.68 Å². The summed E-state index contributed by atoms with van der Waals surface area (Å²) in [6, 6.07) is 5.56. The van der Waals surface area contributed by atoms with E-state index in [2.05, 4.69) is 5.10 Å². The number of hydrogen-bond acceptors (Lipinski definition) is 4. The van der Waals surface area contributed by atoms with Crippen molar-refractivity contribution in [2.45, 2.75) is 19.4 Å². The number of fused-ring (bicyclic) bond motifs is 1. The maximum absolute atomic E-state index is 10.5. The number of aryl methyl sites for hydroxylation is 2. The number of benzene rings is 1. The van der Waals surface area contributed by atoms with Crippen molar-refractivity contribution >= 4 is 0 Å². The highest BCUT2D eigenvalue weighted by Crippen LogP contribution is 2.34. The number of aliphatic hydroxyl groups excluding tert-OH is 1. The van der Waals surface area contributed by atoms with Crippen LogP contribution in [0.2, 0.25) is 0 Å². The normalized spacial score (nSPS) is 15.8. The molecule has 106 valence electrons. The molecule has 1 aromatic heterocycles. The van der Waals surface area contributed by atoms with Gasteiger partial charge in [-0.15, -0.1) is 0 Å². The van der Waals surface area contributed by atoms with Crippen LogP contribution in [0.25, 0.3) is 0 Å². The Kier molecular flexibility index (Phi) is 3.36. The molecule has 2 heterocycles. The molecule has 0 bridgehead atoms. The van der Waals surface area contributed by atoms with Gasteiger partial charge in [-0.3, -0.25) is 4.68 Å². The van der Waals surface area contributed by atoms with Crippen molar-refractivity contribution in [3.05, 3.63) is 41.2 Å². The maximum atomic E-state index is 10.5. The summed E-state index contributed by atoms with van der Waals surface area (Å²) in [6.07, 6.45) is 2.00. The molecule has 5 nitrogen and oxygen atoms in total. The Morgan fingerprint density at radius 3 is 2.70 bits per heavy atom. The molecule has 5 heteroatoms. The van der Waals surface area contributed by atoms with Gasteiger partial charge < -0.3 is 14.6 Å². The zero-order chi connectivity index (χ0) is 14.1. The molecular formula is C15H18N2O3. The Labute approximate surface area is 117 Å². The molecule has 1 unspecified atom stereocenters. The van der Waals surface area contributed by atoms with Crippen molar-refractivity contribution in [1.82, 2.24) is 9.78 Å². The van der Waals surface area contributed by atoms with E-state index in [1.807, 2.05) is 38.4 Å². The lowest BCUT2D eigenvalue weighted by Crippen LogP contribution is -2.01. The number of nitrogens with zero attached hydrogens (tertiary/aromatic N) is 2. The minimum Gasteiger partial charge on any atom is -0.490 e. The van der Waals surface area contributed by atoms with E-state index in [9.17, 15) is 5.11 Å². The van der Waals surface area contributed by atoms with Crippen molar-refractivity contribution in [1.29, 1.82) is 0 Å². The van der Waals surface area contributed by atoms with E-state index in [0.29, 0.717) is 19.0 Å². The number of aromatic nitrogens is 2. The topological polar surface area (TPSA) is 56.5 Å². The molecule has 20 heavy (non-hydrogen) atoms. The SMILES string of the molecule is Cc1nn(C)cc1C(O)c1ccc2c(c1)OCCCO2. The Bertz CT molecular complexity index is 622. The van der Waals surface area contributed by atoms with Gasteiger partial charge in [0.1, 0.15) is 6.10 Å². The first-order valence-electron chi connectivity index (χ1n) is 6.73. The van der Waals surface area contributed by atoms with Crippen molar-refractivity contribution in [2.75, 3.05) is 13.2 Å². The van der Waals surface area contributed by atoms with Crippen LogP contribution in [0.5, 0.6) is 11.5 Å². The van der Waals surface area contributed by atoms with Crippen LogP contribution in [0, 0.1) is 6.92 Å². The lowest BCUT2D eigenvalue weighted by Gasteiger charge is -2.13. The number of ether oxygens (including phenoxy) is 2. The fourth-order valence-corrected chi connectivity index (χ4v) is 2.42. The molecule has 2 aromatic rings. The second-order valence-corrected chi connectivity index (χ2v) is 5.00. The summed E-state index contributed by atoms with van der Waals surface area (Å²) in [5, 5.41) is 14.8. The van der Waals surface area contributed by atoms with Gasteiger partial charge in [-0.05, 0) is 24.6 Å². The van der Waals surface area contributed by atoms with Crippen LogP contribution < -0.4 is 9.47 Å². The third-order valence-electron chi connectivity index (χ3n) is 3.43. The van der Waals surface area contributed by atoms with E-state index >= 15 is 0 Å². The van der Waals surface area contributed by atoms with Gasteiger partial charge in [0.05, 0.1) is 18.9 Å². The molecule has 0 radical (unpaired) electrons. The fraction of sp³-hybridized carbons (Fsp3) is 0.400. The second kappa shape index (κ2) is 5.17. The molecule has 0 saturated carbocycles. The predicted octanol–water partition coefficient (Wildman–Crippen LogP) is 1.97. The molecule has 0 aliphatic carbocycles. The third-order valence-corrected chi connectivity index (χ3v) is 3.43. The van der Waals surface area contributed by atoms with Crippen molar-refractivity contribution in [2.24, 2.45) is 7.05 Å². The minimum absolute atomic E-state index is 0.637. The maximum Gasteiger partial charge on any atom is 0.161 e. The zero-order valence-corrected chi connectivity index (χ0v) is 11.7. The summed E-state index contributed by atoms with van der Waals surface area (Å²) in [5.74, 6) is 1.43. The Morgan fingerprint density at radius 2 is 2.00 bits per heavy atom. The van der Waals surface area contributed by atoms with Gasteiger partial charge in [0.2, 0.25) is 0 Å². The molecule has 1 aliphatic rings. The first kappa shape index (κ1) is 13.0. The van der Waals surface area contributed by atoms with Gasteiger partial charge in [0, 0.05) is 25.2 Å². The monoisotopic (exact) mass is 274 g/mol. The highest BCUT2D eigenvalue weighted by Gasteiger charge is 2.19. The smallest absolute Gasteiger partial charge is 0.161 e. The van der Waals surface area contributed by atoms with E-state index in [-0.39, 0.29) is 0 Å². The molecule has 0 fully saturated rings. The van der Waals surface area contributed by atoms with E-state index in [4.69, 9.17) is 9.47 Å². The molecule has 1 atom stereocenters. The molecule has 0 spiro atoms. The molecule has 1 aromatic carbocycles. The van der Waals surface area contributed by atoms with Crippen LogP contribution in [-0.4, -0.2) is 28.1 Å². The highest BCUT2D eigenvalue weighted by atomic mass is 16.5. The zero-order valence-electron chi connectivity index (χ0n) is 11.7. The average Bonchev–Trinajstić information content (AvgIpc) is 2.65. The van der Waals surface area contributed by atoms with E-state index in [0.717, 1.165) is 29.0 Å². The molecule has 0 amide bonds. The summed E-state index contributed by atoms with van der Waals surface area (Å²) in [6.45, 7) is 3.19. The summed E-state index contributed by atoms with van der Waals surface area (Å²) < 4.78 is 13.0. The van der Waals surface area contributed by atoms with Crippen molar-refractivity contribution < 1.29 is 14.6 Å². The van der Waals surface area contributed by atoms with E-state index in [1.165, 1.54) is 0 Å². The van der Waals surface area contributed by atoms with Gasteiger partial charge in [0.25, 0.3) is 0 Å². The Hall–Kier alpha value is -2.01. The summed E-state index contributed by atoms with van der Waals surface area (Å²) >= 11 is 0. The largest absolute Gasteiger partial charge is 0.490 e. The van der Waals surface area contributed by atoms with Gasteiger partial charge in [-0.2, -0.15) is 5.10 Å². The second-order valence-electron chi connectivity index (χ2n) is 5.00. The van der Waals surface area contributed by atoms with Crippen LogP contribution in [0.4, 0.5) is 0 Å². The van der Waals surface area contributed by atoms with Crippen LogP contribution in [0.3, 0.4) is 0 Å².